The molecular formula is C14H18O4. The number of benzene rings is 1. The fourth-order valence-corrected chi connectivity index (χ4v) is 2.45. The standard InChI is InChI=1S/C14H18O4/c1-10-6-7-18-14(10,13(15)16)9-11-4-3-5-12(8-11)17-2/h3-5,8,10H,6-7,9H2,1-2H3,(H,15,16). The Balaban J connectivity index is 2.26. The van der Waals surface area contributed by atoms with Gasteiger partial charge in [-0.3, -0.25) is 0 Å². The summed E-state index contributed by atoms with van der Waals surface area (Å²) in [5, 5.41) is 9.47. The maximum Gasteiger partial charge on any atom is 0.336 e. The summed E-state index contributed by atoms with van der Waals surface area (Å²) in [6.45, 7) is 2.44. The lowest BCUT2D eigenvalue weighted by atomic mass is 9.83. The summed E-state index contributed by atoms with van der Waals surface area (Å²) >= 11 is 0. The summed E-state index contributed by atoms with van der Waals surface area (Å²) < 4.78 is 10.7. The molecule has 98 valence electrons. The summed E-state index contributed by atoms with van der Waals surface area (Å²) in [7, 11) is 1.60. The zero-order chi connectivity index (χ0) is 13.2. The lowest BCUT2D eigenvalue weighted by Crippen LogP contribution is -2.45. The number of carboxylic acid groups (broad SMARTS) is 1. The zero-order valence-electron chi connectivity index (χ0n) is 10.7. The van der Waals surface area contributed by atoms with E-state index in [2.05, 4.69) is 0 Å². The van der Waals surface area contributed by atoms with Crippen molar-refractivity contribution in [2.45, 2.75) is 25.4 Å². The van der Waals surface area contributed by atoms with Crippen LogP contribution < -0.4 is 4.74 Å². The van der Waals surface area contributed by atoms with Crippen LogP contribution in [0.4, 0.5) is 0 Å². The molecule has 18 heavy (non-hydrogen) atoms. The average Bonchev–Trinajstić information content (AvgIpc) is 2.72. The topological polar surface area (TPSA) is 55.8 Å². The van der Waals surface area contributed by atoms with E-state index in [0.29, 0.717) is 13.0 Å². The van der Waals surface area contributed by atoms with Gasteiger partial charge in [0.25, 0.3) is 0 Å². The molecule has 1 aromatic carbocycles. The molecule has 1 fully saturated rings. The predicted molar refractivity (Wildman–Crippen MR) is 66.8 cm³/mol. The average molecular weight is 250 g/mol. The van der Waals surface area contributed by atoms with Crippen molar-refractivity contribution >= 4 is 5.97 Å². The highest BCUT2D eigenvalue weighted by molar-refractivity contribution is 5.78. The van der Waals surface area contributed by atoms with E-state index in [4.69, 9.17) is 9.47 Å². The quantitative estimate of drug-likeness (QED) is 0.889. The Kier molecular flexibility index (Phi) is 3.57. The molecule has 0 aromatic heterocycles. The Morgan fingerprint density at radius 3 is 2.94 bits per heavy atom. The Morgan fingerprint density at radius 1 is 1.61 bits per heavy atom. The van der Waals surface area contributed by atoms with Gasteiger partial charge in [0.15, 0.2) is 5.60 Å². The molecular weight excluding hydrogens is 232 g/mol. The van der Waals surface area contributed by atoms with Gasteiger partial charge in [0, 0.05) is 13.0 Å². The second-order valence-corrected chi connectivity index (χ2v) is 4.76. The predicted octanol–water partition coefficient (Wildman–Crippen LogP) is 2.12. The first kappa shape index (κ1) is 12.9. The van der Waals surface area contributed by atoms with Crippen LogP contribution in [-0.4, -0.2) is 30.4 Å². The van der Waals surface area contributed by atoms with E-state index >= 15 is 0 Å². The van der Waals surface area contributed by atoms with Crippen LogP contribution in [0.5, 0.6) is 5.75 Å². The van der Waals surface area contributed by atoms with Crippen molar-refractivity contribution in [3.8, 4) is 5.75 Å². The minimum Gasteiger partial charge on any atom is -0.497 e. The van der Waals surface area contributed by atoms with Crippen LogP contribution in [0, 0.1) is 5.92 Å². The Morgan fingerprint density at radius 2 is 2.39 bits per heavy atom. The third-order valence-corrected chi connectivity index (χ3v) is 3.67. The molecule has 0 radical (unpaired) electrons. The first-order chi connectivity index (χ1) is 8.58. The molecule has 4 heteroatoms. The summed E-state index contributed by atoms with van der Waals surface area (Å²) in [5.74, 6) is -0.129. The van der Waals surface area contributed by atoms with Gasteiger partial charge >= 0.3 is 5.97 Å². The van der Waals surface area contributed by atoms with E-state index < -0.39 is 11.6 Å². The largest absolute Gasteiger partial charge is 0.497 e. The molecule has 0 saturated carbocycles. The maximum absolute atomic E-state index is 11.5. The Hall–Kier alpha value is -1.55. The van der Waals surface area contributed by atoms with E-state index in [9.17, 15) is 9.90 Å². The van der Waals surface area contributed by atoms with Crippen molar-refractivity contribution in [1.82, 2.24) is 0 Å². The van der Waals surface area contributed by atoms with Crippen molar-refractivity contribution in [2.24, 2.45) is 5.92 Å². The van der Waals surface area contributed by atoms with E-state index in [0.717, 1.165) is 17.7 Å². The maximum atomic E-state index is 11.5. The second-order valence-electron chi connectivity index (χ2n) is 4.76. The van der Waals surface area contributed by atoms with Crippen LogP contribution in [0.25, 0.3) is 0 Å². The molecule has 1 N–H and O–H groups in total. The number of hydrogen-bond donors (Lipinski definition) is 1. The zero-order valence-corrected chi connectivity index (χ0v) is 10.7. The van der Waals surface area contributed by atoms with Gasteiger partial charge < -0.3 is 14.6 Å². The SMILES string of the molecule is COc1cccc(CC2(C(=O)O)OCCC2C)c1. The highest BCUT2D eigenvalue weighted by atomic mass is 16.5. The van der Waals surface area contributed by atoms with Crippen molar-refractivity contribution in [3.05, 3.63) is 29.8 Å². The van der Waals surface area contributed by atoms with Gasteiger partial charge in [-0.05, 0) is 30.0 Å². The lowest BCUT2D eigenvalue weighted by molar-refractivity contribution is -0.163. The molecule has 1 aliphatic rings. The van der Waals surface area contributed by atoms with E-state index in [1.165, 1.54) is 0 Å². The molecule has 1 heterocycles. The van der Waals surface area contributed by atoms with Gasteiger partial charge in [0.05, 0.1) is 7.11 Å². The van der Waals surface area contributed by atoms with Gasteiger partial charge in [0.2, 0.25) is 0 Å². The molecule has 0 spiro atoms. The number of ether oxygens (including phenoxy) is 2. The monoisotopic (exact) mass is 250 g/mol. The fraction of sp³-hybridized carbons (Fsp3) is 0.500. The molecule has 2 rings (SSSR count). The number of methoxy groups -OCH3 is 1. The Bertz CT molecular complexity index is 443. The third kappa shape index (κ3) is 2.20. The first-order valence-corrected chi connectivity index (χ1v) is 6.09. The minimum absolute atomic E-state index is 0.0150. The van der Waals surface area contributed by atoms with Crippen LogP contribution in [0.1, 0.15) is 18.9 Å². The summed E-state index contributed by atoms with van der Waals surface area (Å²) in [6, 6.07) is 7.47. The fourth-order valence-electron chi connectivity index (χ4n) is 2.45. The highest BCUT2D eigenvalue weighted by Gasteiger charge is 2.48. The third-order valence-electron chi connectivity index (χ3n) is 3.67. The van der Waals surface area contributed by atoms with E-state index in [-0.39, 0.29) is 5.92 Å². The molecule has 0 aliphatic carbocycles. The number of rotatable bonds is 4. The second kappa shape index (κ2) is 4.98. The van der Waals surface area contributed by atoms with Crippen molar-refractivity contribution < 1.29 is 19.4 Å². The first-order valence-electron chi connectivity index (χ1n) is 6.09. The number of carbonyl (C=O) groups is 1. The molecule has 2 atom stereocenters. The smallest absolute Gasteiger partial charge is 0.336 e. The van der Waals surface area contributed by atoms with Gasteiger partial charge in [-0.2, -0.15) is 0 Å². The van der Waals surface area contributed by atoms with Crippen LogP contribution in [0.15, 0.2) is 24.3 Å². The molecule has 1 aliphatic heterocycles. The van der Waals surface area contributed by atoms with Gasteiger partial charge in [-0.15, -0.1) is 0 Å². The van der Waals surface area contributed by atoms with Crippen LogP contribution in [0.3, 0.4) is 0 Å². The molecule has 4 nitrogen and oxygen atoms in total. The summed E-state index contributed by atoms with van der Waals surface area (Å²) in [4.78, 5) is 11.5. The van der Waals surface area contributed by atoms with Crippen LogP contribution in [-0.2, 0) is 16.0 Å². The number of carboxylic acids is 1. The molecule has 0 bridgehead atoms. The molecule has 0 amide bonds. The molecule has 2 unspecified atom stereocenters. The molecule has 1 aromatic rings. The van der Waals surface area contributed by atoms with E-state index in [1.54, 1.807) is 7.11 Å². The number of hydrogen-bond acceptors (Lipinski definition) is 3. The van der Waals surface area contributed by atoms with Crippen molar-refractivity contribution in [2.75, 3.05) is 13.7 Å². The summed E-state index contributed by atoms with van der Waals surface area (Å²) in [6.07, 6.45) is 1.16. The van der Waals surface area contributed by atoms with Gasteiger partial charge in [-0.1, -0.05) is 19.1 Å². The van der Waals surface area contributed by atoms with Gasteiger partial charge in [0.1, 0.15) is 5.75 Å². The lowest BCUT2D eigenvalue weighted by Gasteiger charge is -2.28. The van der Waals surface area contributed by atoms with Crippen LogP contribution >= 0.6 is 0 Å². The highest BCUT2D eigenvalue weighted by Crippen LogP contribution is 2.35. The van der Waals surface area contributed by atoms with E-state index in [1.807, 2.05) is 31.2 Å². The van der Waals surface area contributed by atoms with Gasteiger partial charge in [-0.25, -0.2) is 4.79 Å². The Labute approximate surface area is 107 Å². The van der Waals surface area contributed by atoms with Crippen molar-refractivity contribution in [3.63, 3.8) is 0 Å². The minimum atomic E-state index is -1.09. The number of aliphatic carboxylic acids is 1. The molecule has 1 saturated heterocycles. The normalized spacial score (nSPS) is 27.1. The summed E-state index contributed by atoms with van der Waals surface area (Å²) in [5.41, 5.74) is -0.169. The van der Waals surface area contributed by atoms with Crippen molar-refractivity contribution in [1.29, 1.82) is 0 Å². The van der Waals surface area contributed by atoms with Crippen LogP contribution in [0.2, 0.25) is 0 Å².